The van der Waals surface area contributed by atoms with Gasteiger partial charge < -0.3 is 4.90 Å². The van der Waals surface area contributed by atoms with Crippen LogP contribution in [0.5, 0.6) is 0 Å². The van der Waals surface area contributed by atoms with Crippen LogP contribution in [0.1, 0.15) is 0 Å². The Labute approximate surface area is 206 Å². The van der Waals surface area contributed by atoms with Crippen LogP contribution in [0.4, 0.5) is 17.1 Å². The highest BCUT2D eigenvalue weighted by Gasteiger charge is 2.13. The fraction of sp³-hybridized carbons (Fsp3) is 0. The second-order valence-electron chi connectivity index (χ2n) is 8.66. The van der Waals surface area contributed by atoms with Gasteiger partial charge in [-0.2, -0.15) is 0 Å². The van der Waals surface area contributed by atoms with E-state index in [4.69, 9.17) is 0 Å². The van der Waals surface area contributed by atoms with E-state index in [9.17, 15) is 0 Å². The summed E-state index contributed by atoms with van der Waals surface area (Å²) in [4.78, 5) is 2.29. The van der Waals surface area contributed by atoms with Crippen molar-refractivity contribution in [2.24, 2.45) is 0 Å². The summed E-state index contributed by atoms with van der Waals surface area (Å²) in [5, 5.41) is 2.53. The number of fused-ring (bicyclic) bond motifs is 1. The smallest absolute Gasteiger partial charge is 0.0462 e. The molecule has 0 fully saturated rings. The Morgan fingerprint density at radius 1 is 0.343 bits per heavy atom. The van der Waals surface area contributed by atoms with Crippen LogP contribution < -0.4 is 4.90 Å². The highest BCUT2D eigenvalue weighted by atomic mass is 15.1. The number of hydrogen-bond donors (Lipinski definition) is 0. The van der Waals surface area contributed by atoms with Gasteiger partial charge in [-0.3, -0.25) is 0 Å². The van der Waals surface area contributed by atoms with Crippen molar-refractivity contribution in [2.75, 3.05) is 4.90 Å². The fourth-order valence-corrected chi connectivity index (χ4v) is 4.74. The van der Waals surface area contributed by atoms with Crippen LogP contribution in [0, 0.1) is 0 Å². The summed E-state index contributed by atoms with van der Waals surface area (Å²) in [6, 6.07) is 53.8. The summed E-state index contributed by atoms with van der Waals surface area (Å²) in [6.07, 6.45) is 0. The molecule has 0 aliphatic carbocycles. The molecule has 1 heteroatoms. The molecule has 0 saturated carbocycles. The van der Waals surface area contributed by atoms with Gasteiger partial charge in [0, 0.05) is 17.1 Å². The zero-order chi connectivity index (χ0) is 23.5. The molecule has 166 valence electrons. The Morgan fingerprint density at radius 2 is 0.857 bits per heavy atom. The van der Waals surface area contributed by atoms with Gasteiger partial charge in [-0.05, 0) is 81.6 Å². The van der Waals surface area contributed by atoms with Gasteiger partial charge in [0.2, 0.25) is 0 Å². The highest BCUT2D eigenvalue weighted by molar-refractivity contribution is 6.00. The predicted molar refractivity (Wildman–Crippen MR) is 150 cm³/mol. The number of anilines is 3. The number of para-hydroxylation sites is 2. The lowest BCUT2D eigenvalue weighted by molar-refractivity contribution is 1.28. The molecule has 0 atom stereocenters. The Bertz CT molecular complexity index is 1510. The maximum atomic E-state index is 2.32. The molecule has 0 saturated heterocycles. The van der Waals surface area contributed by atoms with E-state index in [-0.39, 0.29) is 0 Å². The molecule has 6 aromatic carbocycles. The van der Waals surface area contributed by atoms with Gasteiger partial charge in [-0.1, -0.05) is 103 Å². The molecule has 0 spiro atoms. The molecule has 0 aliphatic heterocycles. The molecule has 0 heterocycles. The third kappa shape index (κ3) is 4.20. The second-order valence-corrected chi connectivity index (χ2v) is 8.66. The summed E-state index contributed by atoms with van der Waals surface area (Å²) in [7, 11) is 0. The van der Waals surface area contributed by atoms with Gasteiger partial charge >= 0.3 is 0 Å². The first kappa shape index (κ1) is 20.9. The minimum absolute atomic E-state index is 1.13. The molecular weight excluding hydrogens is 422 g/mol. The average Bonchev–Trinajstić information content (AvgIpc) is 2.95. The lowest BCUT2D eigenvalue weighted by atomic mass is 9.93. The topological polar surface area (TPSA) is 3.24 Å². The zero-order valence-corrected chi connectivity index (χ0v) is 19.4. The van der Waals surface area contributed by atoms with Crippen LogP contribution in [-0.4, -0.2) is 0 Å². The van der Waals surface area contributed by atoms with Crippen LogP contribution in [0.25, 0.3) is 33.0 Å². The van der Waals surface area contributed by atoms with Gasteiger partial charge in [-0.25, -0.2) is 0 Å². The highest BCUT2D eigenvalue weighted by Crippen LogP contribution is 2.37. The van der Waals surface area contributed by atoms with Crippen LogP contribution >= 0.6 is 0 Å². The number of hydrogen-bond acceptors (Lipinski definition) is 1. The summed E-state index contributed by atoms with van der Waals surface area (Å²) in [6.45, 7) is 0. The molecular formula is C34H25N. The summed E-state index contributed by atoms with van der Waals surface area (Å²) in [5.41, 5.74) is 8.35. The van der Waals surface area contributed by atoms with Gasteiger partial charge in [0.05, 0.1) is 0 Å². The third-order valence-electron chi connectivity index (χ3n) is 6.43. The van der Waals surface area contributed by atoms with Crippen molar-refractivity contribution in [1.29, 1.82) is 0 Å². The standard InChI is InChI=1S/C34H25N/c1-4-12-27(13-5-1)34-25-29(24-28-14-10-11-19-33(28)34)26-20-22-32(23-21-26)35(30-15-6-2-7-16-30)31-17-8-3-9-18-31/h1-25H. The normalized spacial score (nSPS) is 10.9. The van der Waals surface area contributed by atoms with Gasteiger partial charge in [0.15, 0.2) is 0 Å². The Balaban J connectivity index is 1.44. The molecule has 0 radical (unpaired) electrons. The van der Waals surface area contributed by atoms with Crippen LogP contribution in [0.2, 0.25) is 0 Å². The third-order valence-corrected chi connectivity index (χ3v) is 6.43. The summed E-state index contributed by atoms with van der Waals surface area (Å²) < 4.78 is 0. The molecule has 0 aliphatic rings. The first-order valence-electron chi connectivity index (χ1n) is 12.0. The van der Waals surface area contributed by atoms with E-state index in [0.29, 0.717) is 0 Å². The minimum atomic E-state index is 1.13. The zero-order valence-electron chi connectivity index (χ0n) is 19.4. The molecule has 1 nitrogen and oxygen atoms in total. The average molecular weight is 448 g/mol. The van der Waals surface area contributed by atoms with E-state index in [0.717, 1.165) is 17.1 Å². The SMILES string of the molecule is c1ccc(-c2cc(-c3ccc(N(c4ccccc4)c4ccccc4)cc3)cc3ccccc23)cc1. The van der Waals surface area contributed by atoms with E-state index in [1.165, 1.54) is 33.0 Å². The van der Waals surface area contributed by atoms with Crippen LogP contribution in [-0.2, 0) is 0 Å². The Hall–Kier alpha value is -4.62. The van der Waals surface area contributed by atoms with Crippen molar-refractivity contribution in [3.8, 4) is 22.3 Å². The van der Waals surface area contributed by atoms with Gasteiger partial charge in [0.25, 0.3) is 0 Å². The van der Waals surface area contributed by atoms with Crippen molar-refractivity contribution in [3.63, 3.8) is 0 Å². The van der Waals surface area contributed by atoms with E-state index in [1.54, 1.807) is 0 Å². The van der Waals surface area contributed by atoms with Crippen LogP contribution in [0.15, 0.2) is 152 Å². The summed E-state index contributed by atoms with van der Waals surface area (Å²) in [5.74, 6) is 0. The van der Waals surface area contributed by atoms with Crippen molar-refractivity contribution in [3.05, 3.63) is 152 Å². The molecule has 0 unspecified atom stereocenters. The molecule has 6 rings (SSSR count). The molecule has 0 aromatic heterocycles. The molecule has 6 aromatic rings. The van der Waals surface area contributed by atoms with Gasteiger partial charge in [0.1, 0.15) is 0 Å². The van der Waals surface area contributed by atoms with E-state index in [1.807, 2.05) is 0 Å². The van der Waals surface area contributed by atoms with Crippen molar-refractivity contribution in [1.82, 2.24) is 0 Å². The van der Waals surface area contributed by atoms with Crippen molar-refractivity contribution >= 4 is 27.8 Å². The largest absolute Gasteiger partial charge is 0.311 e. The Kier molecular flexibility index (Phi) is 5.58. The van der Waals surface area contributed by atoms with Gasteiger partial charge in [-0.15, -0.1) is 0 Å². The minimum Gasteiger partial charge on any atom is -0.311 e. The molecule has 0 bridgehead atoms. The Morgan fingerprint density at radius 3 is 1.49 bits per heavy atom. The lowest BCUT2D eigenvalue weighted by Crippen LogP contribution is -2.09. The second kappa shape index (κ2) is 9.32. The molecule has 35 heavy (non-hydrogen) atoms. The van der Waals surface area contributed by atoms with E-state index < -0.39 is 0 Å². The first-order valence-corrected chi connectivity index (χ1v) is 12.0. The molecule has 0 N–H and O–H groups in total. The van der Waals surface area contributed by atoms with E-state index in [2.05, 4.69) is 157 Å². The number of rotatable bonds is 5. The predicted octanol–water partition coefficient (Wildman–Crippen LogP) is 9.64. The summed E-state index contributed by atoms with van der Waals surface area (Å²) >= 11 is 0. The van der Waals surface area contributed by atoms with Crippen molar-refractivity contribution < 1.29 is 0 Å². The number of nitrogens with zero attached hydrogens (tertiary/aromatic N) is 1. The van der Waals surface area contributed by atoms with Crippen molar-refractivity contribution in [2.45, 2.75) is 0 Å². The quantitative estimate of drug-likeness (QED) is 0.254. The number of benzene rings is 6. The lowest BCUT2D eigenvalue weighted by Gasteiger charge is -2.25. The maximum Gasteiger partial charge on any atom is 0.0462 e. The maximum absolute atomic E-state index is 2.32. The first-order chi connectivity index (χ1) is 17.4. The van der Waals surface area contributed by atoms with Crippen LogP contribution in [0.3, 0.4) is 0 Å². The van der Waals surface area contributed by atoms with E-state index >= 15 is 0 Å². The monoisotopic (exact) mass is 447 g/mol. The molecule has 0 amide bonds. The fourth-order valence-electron chi connectivity index (χ4n) is 4.74.